The number of ketones is 2. The van der Waals surface area contributed by atoms with Crippen LogP contribution in [0.15, 0.2) is 21.9 Å². The van der Waals surface area contributed by atoms with E-state index in [1.165, 1.54) is 18.7 Å². The number of thioether (sulfide) groups is 1. The molecule has 27 heavy (non-hydrogen) atoms. The van der Waals surface area contributed by atoms with E-state index in [1.54, 1.807) is 20.1 Å². The molecule has 8 heteroatoms. The molecule has 0 spiro atoms. The van der Waals surface area contributed by atoms with Gasteiger partial charge in [0.05, 0.1) is 22.8 Å². The Morgan fingerprint density at radius 1 is 1.26 bits per heavy atom. The molecule has 0 radical (unpaired) electrons. The number of carbonyl (C=O) groups excluding carboxylic acids is 2. The maximum absolute atomic E-state index is 12.9. The molecule has 0 aliphatic heterocycles. The lowest BCUT2D eigenvalue weighted by Gasteiger charge is -2.10. The number of aromatic amines is 1. The van der Waals surface area contributed by atoms with E-state index in [0.29, 0.717) is 27.8 Å². The molecule has 0 aromatic carbocycles. The Morgan fingerprint density at radius 2 is 1.96 bits per heavy atom. The molecule has 0 fully saturated rings. The predicted molar refractivity (Wildman–Crippen MR) is 103 cm³/mol. The number of furan rings is 1. The minimum absolute atomic E-state index is 0.0472. The molecule has 3 heterocycles. The number of nitrogens with zero attached hydrogens (tertiary/aromatic N) is 3. The van der Waals surface area contributed by atoms with Crippen LogP contribution in [-0.4, -0.2) is 36.6 Å². The van der Waals surface area contributed by atoms with Crippen LogP contribution in [-0.2, 0) is 7.05 Å². The second-order valence-electron chi connectivity index (χ2n) is 6.56. The minimum atomic E-state index is -0.386. The highest BCUT2D eigenvalue weighted by Gasteiger charge is 2.26. The van der Waals surface area contributed by atoms with Crippen molar-refractivity contribution in [2.75, 3.05) is 0 Å². The third-order valence-corrected chi connectivity index (χ3v) is 5.76. The Kier molecular flexibility index (Phi) is 5.10. The third kappa shape index (κ3) is 3.37. The number of aryl methyl sites for hydroxylation is 2. The second kappa shape index (κ2) is 7.19. The average Bonchev–Trinajstić information content (AvgIpc) is 3.25. The van der Waals surface area contributed by atoms with Crippen LogP contribution in [0.2, 0.25) is 0 Å². The summed E-state index contributed by atoms with van der Waals surface area (Å²) in [7, 11) is 1.86. The van der Waals surface area contributed by atoms with Crippen molar-refractivity contribution in [2.45, 2.75) is 45.0 Å². The number of hydrogen-bond acceptors (Lipinski definition) is 6. The summed E-state index contributed by atoms with van der Waals surface area (Å²) >= 11 is 1.33. The van der Waals surface area contributed by atoms with E-state index in [9.17, 15) is 9.59 Å². The van der Waals surface area contributed by atoms with Gasteiger partial charge in [0.15, 0.2) is 22.5 Å². The van der Waals surface area contributed by atoms with Gasteiger partial charge in [-0.25, -0.2) is 0 Å². The Hall–Kier alpha value is -2.61. The highest BCUT2D eigenvalue weighted by molar-refractivity contribution is 8.00. The van der Waals surface area contributed by atoms with Gasteiger partial charge in [-0.2, -0.15) is 0 Å². The molecule has 7 nitrogen and oxygen atoms in total. The maximum Gasteiger partial charge on any atom is 0.192 e. The molecule has 142 valence electrons. The van der Waals surface area contributed by atoms with Crippen LogP contribution in [0.4, 0.5) is 0 Å². The molecule has 3 rings (SSSR count). The van der Waals surface area contributed by atoms with Gasteiger partial charge in [-0.1, -0.05) is 11.8 Å². The fraction of sp³-hybridized carbons (Fsp3) is 0.368. The largest absolute Gasteiger partial charge is 0.469 e. The zero-order valence-electron chi connectivity index (χ0n) is 16.2. The summed E-state index contributed by atoms with van der Waals surface area (Å²) in [4.78, 5) is 27.8. The van der Waals surface area contributed by atoms with Crippen LogP contribution in [0.5, 0.6) is 0 Å². The van der Waals surface area contributed by atoms with Gasteiger partial charge in [0.2, 0.25) is 0 Å². The van der Waals surface area contributed by atoms with Gasteiger partial charge < -0.3 is 14.0 Å². The number of aromatic nitrogens is 4. The molecule has 0 saturated heterocycles. The van der Waals surface area contributed by atoms with Crippen LogP contribution in [0.25, 0.3) is 11.4 Å². The van der Waals surface area contributed by atoms with Crippen molar-refractivity contribution in [1.82, 2.24) is 19.7 Å². The summed E-state index contributed by atoms with van der Waals surface area (Å²) in [5.41, 5.74) is 3.36. The van der Waals surface area contributed by atoms with Gasteiger partial charge in [-0.15, -0.1) is 10.2 Å². The summed E-state index contributed by atoms with van der Waals surface area (Å²) in [6.45, 7) is 8.81. The zero-order valence-corrected chi connectivity index (χ0v) is 17.0. The van der Waals surface area contributed by atoms with E-state index in [0.717, 1.165) is 17.0 Å². The molecule has 3 aromatic rings. The van der Waals surface area contributed by atoms with E-state index in [4.69, 9.17) is 4.42 Å². The molecule has 0 amide bonds. The molecule has 0 aliphatic carbocycles. The highest BCUT2D eigenvalue weighted by Crippen LogP contribution is 2.30. The Morgan fingerprint density at radius 3 is 2.52 bits per heavy atom. The quantitative estimate of drug-likeness (QED) is 0.510. The van der Waals surface area contributed by atoms with Gasteiger partial charge in [0.1, 0.15) is 5.76 Å². The fourth-order valence-electron chi connectivity index (χ4n) is 3.21. The highest BCUT2D eigenvalue weighted by atomic mass is 32.2. The Bertz CT molecular complexity index is 1030. The van der Waals surface area contributed by atoms with Gasteiger partial charge in [0, 0.05) is 18.3 Å². The van der Waals surface area contributed by atoms with Gasteiger partial charge in [0.25, 0.3) is 0 Å². The van der Waals surface area contributed by atoms with Crippen molar-refractivity contribution in [1.29, 1.82) is 0 Å². The van der Waals surface area contributed by atoms with Crippen molar-refractivity contribution in [3.05, 3.63) is 40.6 Å². The average molecular weight is 386 g/mol. The summed E-state index contributed by atoms with van der Waals surface area (Å²) in [6, 6.07) is 1.84. The Balaban J connectivity index is 1.84. The molecular weight excluding hydrogens is 364 g/mol. The predicted octanol–water partition coefficient (Wildman–Crippen LogP) is 3.89. The fourth-order valence-corrected chi connectivity index (χ4v) is 4.08. The number of rotatable bonds is 6. The standard InChI is InChI=1S/C19H22N4O3S/c1-9-15(11(3)24)10(2)20-16(9)17(25)13(5)27-19-22-21-18(23(19)6)14-7-8-26-12(14)4/h7-8,13,20H,1-6H3/t13-/m1/s1. The van der Waals surface area contributed by atoms with Gasteiger partial charge in [-0.05, 0) is 46.2 Å². The number of Topliss-reactive ketones (excluding diaryl/α,β-unsaturated/α-hetero) is 2. The molecule has 0 unspecified atom stereocenters. The minimum Gasteiger partial charge on any atom is -0.469 e. The molecule has 0 saturated carbocycles. The monoisotopic (exact) mass is 386 g/mol. The number of H-pyrrole nitrogens is 1. The molecule has 1 atom stereocenters. The van der Waals surface area contributed by atoms with Crippen LogP contribution < -0.4 is 0 Å². The van der Waals surface area contributed by atoms with E-state index in [-0.39, 0.29) is 16.8 Å². The summed E-state index contributed by atoms with van der Waals surface area (Å²) in [5, 5.41) is 8.70. The van der Waals surface area contributed by atoms with Crippen molar-refractivity contribution in [3.63, 3.8) is 0 Å². The van der Waals surface area contributed by atoms with Gasteiger partial charge >= 0.3 is 0 Å². The molecule has 3 aromatic heterocycles. The topological polar surface area (TPSA) is 93.8 Å². The number of carbonyl (C=O) groups is 2. The molecular formula is C19H22N4O3S. The lowest BCUT2D eigenvalue weighted by atomic mass is 10.0. The summed E-state index contributed by atoms with van der Waals surface area (Å²) < 4.78 is 7.18. The van der Waals surface area contributed by atoms with E-state index >= 15 is 0 Å². The first kappa shape index (κ1) is 19.2. The Labute approximate surface area is 161 Å². The van der Waals surface area contributed by atoms with Crippen molar-refractivity contribution >= 4 is 23.3 Å². The smallest absolute Gasteiger partial charge is 0.192 e. The first-order valence-electron chi connectivity index (χ1n) is 8.57. The number of nitrogens with one attached hydrogen (secondary N) is 1. The van der Waals surface area contributed by atoms with Crippen molar-refractivity contribution in [2.24, 2.45) is 7.05 Å². The van der Waals surface area contributed by atoms with Crippen LogP contribution in [0, 0.1) is 20.8 Å². The first-order valence-corrected chi connectivity index (χ1v) is 9.45. The van der Waals surface area contributed by atoms with E-state index in [2.05, 4.69) is 15.2 Å². The van der Waals surface area contributed by atoms with Crippen LogP contribution >= 0.6 is 11.8 Å². The van der Waals surface area contributed by atoms with Gasteiger partial charge in [-0.3, -0.25) is 9.59 Å². The van der Waals surface area contributed by atoms with Crippen LogP contribution in [0.1, 0.15) is 51.7 Å². The molecule has 0 bridgehead atoms. The van der Waals surface area contributed by atoms with E-state index in [1.807, 2.05) is 31.5 Å². The second-order valence-corrected chi connectivity index (χ2v) is 7.87. The normalized spacial score (nSPS) is 12.4. The molecule has 0 aliphatic rings. The van der Waals surface area contributed by atoms with Crippen LogP contribution in [0.3, 0.4) is 0 Å². The third-order valence-electron chi connectivity index (χ3n) is 4.62. The molecule has 1 N–H and O–H groups in total. The van der Waals surface area contributed by atoms with Crippen molar-refractivity contribution < 1.29 is 14.0 Å². The summed E-state index contributed by atoms with van der Waals surface area (Å²) in [5.74, 6) is 1.33. The SMILES string of the molecule is CC(=O)c1c(C)[nH]c(C(=O)[C@@H](C)Sc2nnc(-c3ccoc3C)n2C)c1C. The van der Waals surface area contributed by atoms with Crippen molar-refractivity contribution in [3.8, 4) is 11.4 Å². The maximum atomic E-state index is 12.9. The lowest BCUT2D eigenvalue weighted by molar-refractivity contribution is 0.0988. The number of hydrogen-bond donors (Lipinski definition) is 1. The first-order chi connectivity index (χ1) is 12.7. The lowest BCUT2D eigenvalue weighted by Crippen LogP contribution is -2.16. The summed E-state index contributed by atoms with van der Waals surface area (Å²) in [6.07, 6.45) is 1.61. The zero-order chi connectivity index (χ0) is 19.9. The van der Waals surface area contributed by atoms with E-state index < -0.39 is 0 Å².